The SMILES string of the molecule is COc1ccc(N2C[C@@H]2c2ccncc2)cc1. The van der Waals surface area contributed by atoms with Gasteiger partial charge in [-0.25, -0.2) is 0 Å². The van der Waals surface area contributed by atoms with Gasteiger partial charge in [-0.05, 0) is 42.0 Å². The smallest absolute Gasteiger partial charge is 0.119 e. The molecule has 1 aliphatic heterocycles. The largest absolute Gasteiger partial charge is 0.497 e. The van der Waals surface area contributed by atoms with Crippen molar-refractivity contribution >= 4 is 5.69 Å². The molecule has 0 bridgehead atoms. The van der Waals surface area contributed by atoms with Gasteiger partial charge in [-0.1, -0.05) is 0 Å². The van der Waals surface area contributed by atoms with Crippen LogP contribution in [0.3, 0.4) is 0 Å². The number of anilines is 1. The Bertz CT molecular complexity index is 495. The molecule has 0 amide bonds. The van der Waals surface area contributed by atoms with Crippen molar-refractivity contribution in [2.45, 2.75) is 6.04 Å². The minimum absolute atomic E-state index is 0.506. The summed E-state index contributed by atoms with van der Waals surface area (Å²) in [6, 6.07) is 12.9. The van der Waals surface area contributed by atoms with E-state index in [1.165, 1.54) is 11.3 Å². The molecule has 3 heteroatoms. The lowest BCUT2D eigenvalue weighted by molar-refractivity contribution is 0.415. The van der Waals surface area contributed by atoms with E-state index >= 15 is 0 Å². The minimum atomic E-state index is 0.506. The molecule has 0 N–H and O–H groups in total. The van der Waals surface area contributed by atoms with Gasteiger partial charge in [0.15, 0.2) is 0 Å². The fourth-order valence-electron chi connectivity index (χ4n) is 2.07. The van der Waals surface area contributed by atoms with E-state index in [1.54, 1.807) is 7.11 Å². The summed E-state index contributed by atoms with van der Waals surface area (Å²) in [5.41, 5.74) is 2.57. The van der Waals surface area contributed by atoms with Gasteiger partial charge in [0.2, 0.25) is 0 Å². The van der Waals surface area contributed by atoms with Gasteiger partial charge in [0.1, 0.15) is 5.75 Å². The number of ether oxygens (including phenoxy) is 1. The standard InChI is InChI=1S/C14H14N2O/c1-17-13-4-2-12(3-5-13)16-10-14(16)11-6-8-15-9-7-11/h2-9,14H,10H2,1H3/t14-,16?/m1/s1. The van der Waals surface area contributed by atoms with E-state index in [4.69, 9.17) is 4.74 Å². The first kappa shape index (κ1) is 10.1. The second-order valence-corrected chi connectivity index (χ2v) is 4.15. The van der Waals surface area contributed by atoms with Gasteiger partial charge in [0.25, 0.3) is 0 Å². The highest BCUT2D eigenvalue weighted by Crippen LogP contribution is 2.39. The van der Waals surface area contributed by atoms with Crippen molar-refractivity contribution < 1.29 is 4.74 Å². The second kappa shape index (κ2) is 4.09. The van der Waals surface area contributed by atoms with Crippen LogP contribution >= 0.6 is 0 Å². The van der Waals surface area contributed by atoms with E-state index < -0.39 is 0 Å². The third-order valence-corrected chi connectivity index (χ3v) is 3.11. The molecule has 2 heterocycles. The Balaban J connectivity index is 1.76. The van der Waals surface area contributed by atoms with Gasteiger partial charge < -0.3 is 9.64 Å². The molecule has 1 aliphatic rings. The Hall–Kier alpha value is -2.03. The summed E-state index contributed by atoms with van der Waals surface area (Å²) in [5, 5.41) is 0. The monoisotopic (exact) mass is 226 g/mol. The second-order valence-electron chi connectivity index (χ2n) is 4.15. The van der Waals surface area contributed by atoms with Crippen molar-refractivity contribution in [1.82, 2.24) is 4.98 Å². The van der Waals surface area contributed by atoms with Crippen molar-refractivity contribution in [2.75, 3.05) is 18.6 Å². The number of methoxy groups -OCH3 is 1. The summed E-state index contributed by atoms with van der Waals surface area (Å²) >= 11 is 0. The molecule has 2 aromatic rings. The molecule has 1 aromatic carbocycles. The Morgan fingerprint density at radius 3 is 2.47 bits per heavy atom. The fraction of sp³-hybridized carbons (Fsp3) is 0.214. The van der Waals surface area contributed by atoms with Crippen LogP contribution < -0.4 is 9.64 Å². The van der Waals surface area contributed by atoms with E-state index in [0.717, 1.165) is 12.3 Å². The van der Waals surface area contributed by atoms with Gasteiger partial charge in [0.05, 0.1) is 13.2 Å². The zero-order valence-corrected chi connectivity index (χ0v) is 9.71. The maximum atomic E-state index is 5.15. The molecule has 0 spiro atoms. The maximum Gasteiger partial charge on any atom is 0.119 e. The number of aromatic nitrogens is 1. The van der Waals surface area contributed by atoms with E-state index in [0.29, 0.717) is 6.04 Å². The molecule has 3 rings (SSSR count). The molecule has 1 aromatic heterocycles. The highest BCUT2D eigenvalue weighted by Gasteiger charge is 2.35. The van der Waals surface area contributed by atoms with Crippen LogP contribution in [0.2, 0.25) is 0 Å². The highest BCUT2D eigenvalue weighted by atomic mass is 16.5. The lowest BCUT2D eigenvalue weighted by Gasteiger charge is -2.06. The quantitative estimate of drug-likeness (QED) is 0.752. The van der Waals surface area contributed by atoms with Gasteiger partial charge in [0, 0.05) is 24.6 Å². The van der Waals surface area contributed by atoms with Crippen LogP contribution in [0.4, 0.5) is 5.69 Å². The molecule has 86 valence electrons. The third kappa shape index (κ3) is 1.96. The van der Waals surface area contributed by atoms with Crippen LogP contribution in [-0.2, 0) is 0 Å². The minimum Gasteiger partial charge on any atom is -0.497 e. The Morgan fingerprint density at radius 2 is 1.82 bits per heavy atom. The summed E-state index contributed by atoms with van der Waals surface area (Å²) in [7, 11) is 1.69. The Kier molecular flexibility index (Phi) is 2.44. The Morgan fingerprint density at radius 1 is 1.12 bits per heavy atom. The first-order valence-corrected chi connectivity index (χ1v) is 5.69. The molecule has 17 heavy (non-hydrogen) atoms. The van der Waals surface area contributed by atoms with Gasteiger partial charge in [-0.3, -0.25) is 4.98 Å². The lowest BCUT2D eigenvalue weighted by atomic mass is 10.2. The average molecular weight is 226 g/mol. The van der Waals surface area contributed by atoms with Crippen LogP contribution in [0.5, 0.6) is 5.75 Å². The third-order valence-electron chi connectivity index (χ3n) is 3.11. The van der Waals surface area contributed by atoms with E-state index in [-0.39, 0.29) is 0 Å². The van der Waals surface area contributed by atoms with Gasteiger partial charge in [-0.15, -0.1) is 0 Å². The fourth-order valence-corrected chi connectivity index (χ4v) is 2.07. The van der Waals surface area contributed by atoms with Gasteiger partial charge >= 0.3 is 0 Å². The normalized spacial score (nSPS) is 17.9. The summed E-state index contributed by atoms with van der Waals surface area (Å²) < 4.78 is 5.15. The maximum absolute atomic E-state index is 5.15. The Labute approximate surface area is 101 Å². The number of hydrogen-bond donors (Lipinski definition) is 0. The topological polar surface area (TPSA) is 25.1 Å². The van der Waals surface area contributed by atoms with E-state index in [1.807, 2.05) is 24.5 Å². The van der Waals surface area contributed by atoms with Crippen molar-refractivity contribution in [3.8, 4) is 5.75 Å². The molecule has 0 radical (unpaired) electrons. The van der Waals surface area contributed by atoms with Crippen LogP contribution in [0.25, 0.3) is 0 Å². The number of pyridine rings is 1. The molecule has 1 atom stereocenters. The number of nitrogens with zero attached hydrogens (tertiary/aromatic N) is 2. The molecule has 1 saturated heterocycles. The first-order chi connectivity index (χ1) is 8.38. The first-order valence-electron chi connectivity index (χ1n) is 5.69. The summed E-state index contributed by atoms with van der Waals surface area (Å²) in [4.78, 5) is 6.40. The number of benzene rings is 1. The van der Waals surface area contributed by atoms with Crippen molar-refractivity contribution in [3.63, 3.8) is 0 Å². The lowest BCUT2D eigenvalue weighted by Crippen LogP contribution is -1.94. The average Bonchev–Trinajstić information content (AvgIpc) is 3.20. The molecule has 0 aliphatic carbocycles. The summed E-state index contributed by atoms with van der Waals surface area (Å²) in [6.07, 6.45) is 3.69. The zero-order valence-electron chi connectivity index (χ0n) is 9.71. The predicted octanol–water partition coefficient (Wildman–Crippen LogP) is 2.65. The van der Waals surface area contributed by atoms with Gasteiger partial charge in [-0.2, -0.15) is 0 Å². The molecule has 0 unspecified atom stereocenters. The molecule has 0 saturated carbocycles. The van der Waals surface area contributed by atoms with Crippen molar-refractivity contribution in [3.05, 3.63) is 54.4 Å². The van der Waals surface area contributed by atoms with E-state index in [2.05, 4.69) is 34.1 Å². The predicted molar refractivity (Wildman–Crippen MR) is 67.3 cm³/mol. The summed E-state index contributed by atoms with van der Waals surface area (Å²) in [6.45, 7) is 1.08. The van der Waals surface area contributed by atoms with Crippen LogP contribution in [0.15, 0.2) is 48.8 Å². The summed E-state index contributed by atoms with van der Waals surface area (Å²) in [5.74, 6) is 0.899. The highest BCUT2D eigenvalue weighted by molar-refractivity contribution is 5.57. The van der Waals surface area contributed by atoms with Crippen LogP contribution in [-0.4, -0.2) is 18.6 Å². The van der Waals surface area contributed by atoms with E-state index in [9.17, 15) is 0 Å². The molecule has 3 nitrogen and oxygen atoms in total. The van der Waals surface area contributed by atoms with Crippen molar-refractivity contribution in [1.29, 1.82) is 0 Å². The van der Waals surface area contributed by atoms with Crippen LogP contribution in [0.1, 0.15) is 11.6 Å². The number of hydrogen-bond acceptors (Lipinski definition) is 3. The van der Waals surface area contributed by atoms with Crippen LogP contribution in [0, 0.1) is 0 Å². The molecule has 1 fully saturated rings. The van der Waals surface area contributed by atoms with Crippen molar-refractivity contribution in [2.24, 2.45) is 0 Å². The number of rotatable bonds is 3. The molecular formula is C14H14N2O. The zero-order chi connectivity index (χ0) is 11.7. The molecular weight excluding hydrogens is 212 g/mol.